The Balaban J connectivity index is 2.49. The molecule has 0 bridgehead atoms. The van der Waals surface area contributed by atoms with Crippen LogP contribution >= 0.6 is 0 Å². The van der Waals surface area contributed by atoms with E-state index >= 15 is 0 Å². The number of fused-ring (bicyclic) bond motifs is 1. The number of rotatable bonds is 2. The fourth-order valence-electron chi connectivity index (χ4n) is 1.86. The first-order valence-electron chi connectivity index (χ1n) is 5.63. The zero-order valence-electron chi connectivity index (χ0n) is 10.2. The highest BCUT2D eigenvalue weighted by molar-refractivity contribution is 6.01. The smallest absolute Gasteiger partial charge is 0.293 e. The lowest BCUT2D eigenvalue weighted by molar-refractivity contribution is -0.264. The standard InChI is InChI=1S/C13H7F6NO/c14-12(15,16)11(13(17,18)19)10(21)8-5-7-3-1-2-4-9(7)20-6-8/h1-6,11H. The van der Waals surface area contributed by atoms with Crippen LogP contribution in [0, 0.1) is 5.92 Å². The molecule has 21 heavy (non-hydrogen) atoms. The molecule has 1 aromatic carbocycles. The van der Waals surface area contributed by atoms with Gasteiger partial charge in [0.2, 0.25) is 5.92 Å². The molecule has 1 aromatic heterocycles. The van der Waals surface area contributed by atoms with Crippen molar-refractivity contribution in [2.45, 2.75) is 12.4 Å². The van der Waals surface area contributed by atoms with Gasteiger partial charge < -0.3 is 0 Å². The van der Waals surface area contributed by atoms with Gasteiger partial charge in [0.15, 0.2) is 5.78 Å². The van der Waals surface area contributed by atoms with Gasteiger partial charge in [-0.3, -0.25) is 9.78 Å². The van der Waals surface area contributed by atoms with Crippen LogP contribution in [-0.4, -0.2) is 23.1 Å². The van der Waals surface area contributed by atoms with Crippen molar-refractivity contribution >= 4 is 16.7 Å². The minimum Gasteiger partial charge on any atom is -0.293 e. The third kappa shape index (κ3) is 3.14. The maximum Gasteiger partial charge on any atom is 0.407 e. The molecule has 0 aliphatic carbocycles. The predicted octanol–water partition coefficient (Wildman–Crippen LogP) is 4.16. The Hall–Kier alpha value is -2.12. The first-order valence-corrected chi connectivity index (χ1v) is 5.63. The Morgan fingerprint density at radius 2 is 1.57 bits per heavy atom. The minimum absolute atomic E-state index is 0.284. The molecule has 0 fully saturated rings. The van der Waals surface area contributed by atoms with Crippen LogP contribution in [0.3, 0.4) is 0 Å². The average Bonchev–Trinajstić information content (AvgIpc) is 2.34. The van der Waals surface area contributed by atoms with Crippen molar-refractivity contribution in [1.82, 2.24) is 4.98 Å². The minimum atomic E-state index is -5.71. The van der Waals surface area contributed by atoms with Crippen molar-refractivity contribution in [3.63, 3.8) is 0 Å². The monoisotopic (exact) mass is 307 g/mol. The van der Waals surface area contributed by atoms with Gasteiger partial charge in [-0.25, -0.2) is 0 Å². The van der Waals surface area contributed by atoms with Crippen molar-refractivity contribution < 1.29 is 31.1 Å². The summed E-state index contributed by atoms with van der Waals surface area (Å²) in [5.41, 5.74) is -0.363. The SMILES string of the molecule is O=C(c1cnc2ccccc2c1)C(C(F)(F)F)C(F)(F)F. The maximum absolute atomic E-state index is 12.5. The Kier molecular flexibility index (Phi) is 3.65. The Morgan fingerprint density at radius 1 is 1.00 bits per heavy atom. The van der Waals surface area contributed by atoms with Gasteiger partial charge >= 0.3 is 12.4 Å². The number of Topliss-reactive ketones (excluding diaryl/α,β-unsaturated/α-hetero) is 1. The summed E-state index contributed by atoms with van der Waals surface area (Å²) in [4.78, 5) is 15.3. The summed E-state index contributed by atoms with van der Waals surface area (Å²) in [6.07, 6.45) is -10.7. The van der Waals surface area contributed by atoms with Gasteiger partial charge in [0.05, 0.1) is 5.52 Å². The fourth-order valence-corrected chi connectivity index (χ4v) is 1.86. The maximum atomic E-state index is 12.5. The summed E-state index contributed by atoms with van der Waals surface area (Å²) >= 11 is 0. The van der Waals surface area contributed by atoms with E-state index in [1.807, 2.05) is 0 Å². The van der Waals surface area contributed by atoms with Crippen molar-refractivity contribution in [3.05, 3.63) is 42.1 Å². The van der Waals surface area contributed by atoms with E-state index in [0.717, 1.165) is 12.3 Å². The normalized spacial score (nSPS) is 12.9. The number of benzene rings is 1. The molecule has 1 heterocycles. The van der Waals surface area contributed by atoms with Crippen LogP contribution in [0.5, 0.6) is 0 Å². The van der Waals surface area contributed by atoms with Gasteiger partial charge in [0.1, 0.15) is 0 Å². The molecule has 0 amide bonds. The number of aromatic nitrogens is 1. The Morgan fingerprint density at radius 3 is 2.14 bits per heavy atom. The number of pyridine rings is 1. The Labute approximate surface area is 114 Å². The van der Waals surface area contributed by atoms with Gasteiger partial charge in [0.25, 0.3) is 0 Å². The van der Waals surface area contributed by atoms with Crippen molar-refractivity contribution in [3.8, 4) is 0 Å². The molecular weight excluding hydrogens is 300 g/mol. The van der Waals surface area contributed by atoms with Crippen LogP contribution in [0.25, 0.3) is 10.9 Å². The lowest BCUT2D eigenvalue weighted by atomic mass is 9.96. The second-order valence-corrected chi connectivity index (χ2v) is 4.30. The van der Waals surface area contributed by atoms with E-state index in [9.17, 15) is 31.1 Å². The summed E-state index contributed by atoms with van der Waals surface area (Å²) in [7, 11) is 0. The fraction of sp³-hybridized carbons (Fsp3) is 0.231. The molecular formula is C13H7F6NO. The number of hydrogen-bond donors (Lipinski definition) is 0. The molecule has 0 aliphatic rings. The zero-order valence-corrected chi connectivity index (χ0v) is 10.2. The predicted molar refractivity (Wildman–Crippen MR) is 61.7 cm³/mol. The molecule has 2 aromatic rings. The topological polar surface area (TPSA) is 30.0 Å². The Bertz CT molecular complexity index is 662. The molecule has 112 valence electrons. The highest BCUT2D eigenvalue weighted by Crippen LogP contribution is 2.41. The highest BCUT2D eigenvalue weighted by atomic mass is 19.4. The van der Waals surface area contributed by atoms with E-state index in [2.05, 4.69) is 4.98 Å². The van der Waals surface area contributed by atoms with E-state index < -0.39 is 29.6 Å². The lowest BCUT2D eigenvalue weighted by Crippen LogP contribution is -2.42. The first kappa shape index (κ1) is 15.3. The van der Waals surface area contributed by atoms with E-state index in [1.165, 1.54) is 18.2 Å². The van der Waals surface area contributed by atoms with Crippen molar-refractivity contribution in [2.24, 2.45) is 5.92 Å². The molecule has 0 aliphatic heterocycles. The number of carbonyl (C=O) groups is 1. The van der Waals surface area contributed by atoms with Gasteiger partial charge in [-0.2, -0.15) is 26.3 Å². The summed E-state index contributed by atoms with van der Waals surface area (Å²) in [6, 6.07) is 7.06. The second kappa shape index (κ2) is 5.01. The van der Waals surface area contributed by atoms with Crippen LogP contribution in [0.2, 0.25) is 0 Å². The molecule has 0 saturated carbocycles. The molecule has 0 atom stereocenters. The number of halogens is 6. The quantitative estimate of drug-likeness (QED) is 0.616. The number of alkyl halides is 6. The van der Waals surface area contributed by atoms with Gasteiger partial charge in [-0.15, -0.1) is 0 Å². The van der Waals surface area contributed by atoms with Crippen molar-refractivity contribution in [1.29, 1.82) is 0 Å². The first-order chi connectivity index (χ1) is 9.60. The number of para-hydroxylation sites is 1. The van der Waals surface area contributed by atoms with E-state index in [-0.39, 0.29) is 5.39 Å². The number of hydrogen-bond acceptors (Lipinski definition) is 2. The van der Waals surface area contributed by atoms with Crippen LogP contribution in [0.15, 0.2) is 36.5 Å². The number of nitrogens with zero attached hydrogens (tertiary/aromatic N) is 1. The van der Waals surface area contributed by atoms with Crippen LogP contribution < -0.4 is 0 Å². The summed E-state index contributed by atoms with van der Waals surface area (Å²) in [5.74, 6) is -6.11. The summed E-state index contributed by atoms with van der Waals surface area (Å²) in [5, 5.41) is 0.284. The molecule has 0 N–H and O–H groups in total. The molecule has 8 heteroatoms. The summed E-state index contributed by atoms with van der Waals surface area (Å²) < 4.78 is 75.0. The molecule has 2 nitrogen and oxygen atoms in total. The van der Waals surface area contributed by atoms with Crippen molar-refractivity contribution in [2.75, 3.05) is 0 Å². The highest BCUT2D eigenvalue weighted by Gasteiger charge is 2.60. The van der Waals surface area contributed by atoms with Crippen LogP contribution in [0.4, 0.5) is 26.3 Å². The second-order valence-electron chi connectivity index (χ2n) is 4.30. The number of carbonyl (C=O) groups excluding carboxylic acids is 1. The van der Waals surface area contributed by atoms with Crippen LogP contribution in [-0.2, 0) is 0 Å². The van der Waals surface area contributed by atoms with Gasteiger partial charge in [-0.05, 0) is 12.1 Å². The van der Waals surface area contributed by atoms with Crippen LogP contribution in [0.1, 0.15) is 10.4 Å². The molecule has 0 spiro atoms. The van der Waals surface area contributed by atoms with E-state index in [1.54, 1.807) is 6.07 Å². The number of ketones is 1. The molecule has 2 rings (SSSR count). The molecule has 0 unspecified atom stereocenters. The third-order valence-electron chi connectivity index (χ3n) is 2.79. The van der Waals surface area contributed by atoms with Gasteiger partial charge in [-0.1, -0.05) is 18.2 Å². The summed E-state index contributed by atoms with van der Waals surface area (Å²) in [6.45, 7) is 0. The van der Waals surface area contributed by atoms with E-state index in [0.29, 0.717) is 5.52 Å². The molecule has 0 saturated heterocycles. The van der Waals surface area contributed by atoms with Gasteiger partial charge in [0, 0.05) is 17.1 Å². The third-order valence-corrected chi connectivity index (χ3v) is 2.79. The largest absolute Gasteiger partial charge is 0.407 e. The zero-order chi connectivity index (χ0) is 15.8. The molecule has 0 radical (unpaired) electrons. The lowest BCUT2D eigenvalue weighted by Gasteiger charge is -2.21. The average molecular weight is 307 g/mol. The van der Waals surface area contributed by atoms with E-state index in [4.69, 9.17) is 0 Å².